The Hall–Kier alpha value is -0.280. The van der Waals surface area contributed by atoms with Crippen LogP contribution >= 0.6 is 23.2 Å². The van der Waals surface area contributed by atoms with Gasteiger partial charge < -0.3 is 0 Å². The number of nitrogens with two attached hydrogens (primary N) is 1. The van der Waals surface area contributed by atoms with Crippen molar-refractivity contribution in [2.45, 2.75) is 51.5 Å². The Bertz CT molecular complexity index is 335. The number of hydrogen-bond donors (Lipinski definition) is 2. The van der Waals surface area contributed by atoms with Gasteiger partial charge in [-0.2, -0.15) is 0 Å². The molecule has 0 aromatic heterocycles. The van der Waals surface area contributed by atoms with Crippen LogP contribution in [0.15, 0.2) is 18.2 Å². The first-order valence-corrected chi connectivity index (χ1v) is 7.35. The number of halogens is 2. The van der Waals surface area contributed by atoms with Gasteiger partial charge in [-0.1, -0.05) is 62.2 Å². The summed E-state index contributed by atoms with van der Waals surface area (Å²) in [7, 11) is 0. The fourth-order valence-corrected chi connectivity index (χ4v) is 2.62. The van der Waals surface area contributed by atoms with Crippen LogP contribution in [0.4, 0.5) is 0 Å². The second kappa shape index (κ2) is 8.76. The van der Waals surface area contributed by atoms with E-state index < -0.39 is 0 Å². The van der Waals surface area contributed by atoms with Gasteiger partial charge in [0.1, 0.15) is 0 Å². The summed E-state index contributed by atoms with van der Waals surface area (Å²) in [5.74, 6) is 5.61. The molecule has 0 saturated carbocycles. The van der Waals surface area contributed by atoms with Crippen molar-refractivity contribution in [2.75, 3.05) is 0 Å². The fraction of sp³-hybridized carbons (Fsp3) is 0.571. The first-order chi connectivity index (χ1) is 8.67. The lowest BCUT2D eigenvalue weighted by atomic mass is 10.0. The first kappa shape index (κ1) is 15.8. The molecule has 0 aliphatic heterocycles. The lowest BCUT2D eigenvalue weighted by Crippen LogP contribution is -2.28. The SMILES string of the molecule is CCCCCCCC(NN)c1cc(Cl)cc(Cl)c1. The van der Waals surface area contributed by atoms with Gasteiger partial charge in [-0.3, -0.25) is 11.3 Å². The number of hydrogen-bond acceptors (Lipinski definition) is 2. The fourth-order valence-electron chi connectivity index (χ4n) is 2.07. The van der Waals surface area contributed by atoms with Crippen LogP contribution < -0.4 is 11.3 Å². The molecule has 2 nitrogen and oxygen atoms in total. The van der Waals surface area contributed by atoms with E-state index >= 15 is 0 Å². The van der Waals surface area contributed by atoms with Crippen molar-refractivity contribution in [3.63, 3.8) is 0 Å². The van der Waals surface area contributed by atoms with Crippen LogP contribution in [-0.2, 0) is 0 Å². The van der Waals surface area contributed by atoms with Crippen molar-refractivity contribution < 1.29 is 0 Å². The lowest BCUT2D eigenvalue weighted by Gasteiger charge is -2.17. The molecule has 0 spiro atoms. The summed E-state index contributed by atoms with van der Waals surface area (Å²) < 4.78 is 0. The Morgan fingerprint density at radius 2 is 1.67 bits per heavy atom. The Labute approximate surface area is 120 Å². The molecular formula is C14H22Cl2N2. The molecule has 0 fully saturated rings. The Balaban J connectivity index is 2.49. The smallest absolute Gasteiger partial charge is 0.0461 e. The minimum atomic E-state index is 0.128. The van der Waals surface area contributed by atoms with Crippen molar-refractivity contribution in [1.82, 2.24) is 5.43 Å². The number of unbranched alkanes of at least 4 members (excludes halogenated alkanes) is 4. The van der Waals surface area contributed by atoms with Gasteiger partial charge in [0, 0.05) is 16.1 Å². The summed E-state index contributed by atoms with van der Waals surface area (Å²) in [6, 6.07) is 5.71. The van der Waals surface area contributed by atoms with Crippen molar-refractivity contribution in [2.24, 2.45) is 5.84 Å². The minimum absolute atomic E-state index is 0.128. The molecule has 1 atom stereocenters. The molecule has 0 bridgehead atoms. The largest absolute Gasteiger partial charge is 0.271 e. The van der Waals surface area contributed by atoms with Crippen molar-refractivity contribution in [3.8, 4) is 0 Å². The molecule has 1 aromatic rings. The van der Waals surface area contributed by atoms with E-state index in [4.69, 9.17) is 29.0 Å². The maximum absolute atomic E-state index is 6.00. The van der Waals surface area contributed by atoms with Crippen molar-refractivity contribution in [1.29, 1.82) is 0 Å². The third-order valence-corrected chi connectivity index (χ3v) is 3.52. The van der Waals surface area contributed by atoms with Crippen molar-refractivity contribution >= 4 is 23.2 Å². The zero-order chi connectivity index (χ0) is 13.4. The highest BCUT2D eigenvalue weighted by Gasteiger charge is 2.10. The minimum Gasteiger partial charge on any atom is -0.271 e. The summed E-state index contributed by atoms with van der Waals surface area (Å²) in [5.41, 5.74) is 3.91. The zero-order valence-corrected chi connectivity index (χ0v) is 12.4. The standard InChI is InChI=1S/C14H22Cl2N2/c1-2-3-4-5-6-7-14(18-17)11-8-12(15)10-13(16)9-11/h8-10,14,18H,2-7,17H2,1H3. The molecule has 4 heteroatoms. The van der Waals surface area contributed by atoms with Crippen LogP contribution in [-0.4, -0.2) is 0 Å². The Kier molecular flexibility index (Phi) is 7.68. The van der Waals surface area contributed by atoms with Gasteiger partial charge >= 0.3 is 0 Å². The monoisotopic (exact) mass is 288 g/mol. The molecule has 18 heavy (non-hydrogen) atoms. The van der Waals surface area contributed by atoms with Crippen molar-refractivity contribution in [3.05, 3.63) is 33.8 Å². The number of hydrazine groups is 1. The quantitative estimate of drug-likeness (QED) is 0.407. The van der Waals surface area contributed by atoms with E-state index in [-0.39, 0.29) is 6.04 Å². The van der Waals surface area contributed by atoms with Gasteiger partial charge in [-0.25, -0.2) is 0 Å². The van der Waals surface area contributed by atoms with E-state index in [0.717, 1.165) is 12.0 Å². The molecule has 3 N–H and O–H groups in total. The van der Waals surface area contributed by atoms with Crippen LogP contribution in [0.5, 0.6) is 0 Å². The summed E-state index contributed by atoms with van der Waals surface area (Å²) in [5, 5.41) is 1.31. The van der Waals surface area contributed by atoms with Crippen LogP contribution in [0, 0.1) is 0 Å². The van der Waals surface area contributed by atoms with Gasteiger partial charge in [0.25, 0.3) is 0 Å². The van der Waals surface area contributed by atoms with Gasteiger partial charge in [-0.15, -0.1) is 0 Å². The normalized spacial score (nSPS) is 12.7. The van der Waals surface area contributed by atoms with Gasteiger partial charge in [0.05, 0.1) is 0 Å². The highest BCUT2D eigenvalue weighted by Crippen LogP contribution is 2.26. The van der Waals surface area contributed by atoms with E-state index in [1.54, 1.807) is 6.07 Å². The van der Waals surface area contributed by atoms with Gasteiger partial charge in [-0.05, 0) is 30.2 Å². The van der Waals surface area contributed by atoms with E-state index in [1.807, 2.05) is 12.1 Å². The van der Waals surface area contributed by atoms with E-state index in [9.17, 15) is 0 Å². The molecule has 0 aliphatic rings. The summed E-state index contributed by atoms with van der Waals surface area (Å²) in [4.78, 5) is 0. The third kappa shape index (κ3) is 5.57. The second-order valence-electron chi connectivity index (χ2n) is 4.62. The Morgan fingerprint density at radius 3 is 2.22 bits per heavy atom. The Morgan fingerprint density at radius 1 is 1.06 bits per heavy atom. The average molecular weight is 289 g/mol. The second-order valence-corrected chi connectivity index (χ2v) is 5.50. The summed E-state index contributed by atoms with van der Waals surface area (Å²) >= 11 is 12.0. The molecule has 0 radical (unpaired) electrons. The molecule has 1 rings (SSSR count). The van der Waals surface area contributed by atoms with E-state index in [2.05, 4.69) is 12.3 Å². The lowest BCUT2D eigenvalue weighted by molar-refractivity contribution is 0.479. The van der Waals surface area contributed by atoms with Crippen LogP contribution in [0.2, 0.25) is 10.0 Å². The summed E-state index contributed by atoms with van der Waals surface area (Å²) in [6.45, 7) is 2.22. The zero-order valence-electron chi connectivity index (χ0n) is 10.9. The van der Waals surface area contributed by atoms with Crippen LogP contribution in [0.25, 0.3) is 0 Å². The third-order valence-electron chi connectivity index (χ3n) is 3.08. The van der Waals surface area contributed by atoms with Gasteiger partial charge in [0.2, 0.25) is 0 Å². The molecule has 102 valence electrons. The molecule has 0 heterocycles. The average Bonchev–Trinajstić information content (AvgIpc) is 2.32. The number of rotatable bonds is 8. The van der Waals surface area contributed by atoms with Gasteiger partial charge in [0.15, 0.2) is 0 Å². The maximum Gasteiger partial charge on any atom is 0.0461 e. The topological polar surface area (TPSA) is 38.0 Å². The molecular weight excluding hydrogens is 267 g/mol. The molecule has 0 saturated heterocycles. The van der Waals surface area contributed by atoms with Crippen LogP contribution in [0.3, 0.4) is 0 Å². The first-order valence-electron chi connectivity index (χ1n) is 6.59. The predicted molar refractivity (Wildman–Crippen MR) is 79.9 cm³/mol. The molecule has 0 amide bonds. The highest BCUT2D eigenvalue weighted by molar-refractivity contribution is 6.34. The molecule has 1 unspecified atom stereocenters. The predicted octanol–water partition coefficient (Wildman–Crippen LogP) is 4.86. The maximum atomic E-state index is 6.00. The summed E-state index contributed by atoms with van der Waals surface area (Å²) in [6.07, 6.45) is 7.30. The number of benzene rings is 1. The number of nitrogens with one attached hydrogen (secondary N) is 1. The molecule has 0 aliphatic carbocycles. The van der Waals surface area contributed by atoms with E-state index in [1.165, 1.54) is 32.1 Å². The van der Waals surface area contributed by atoms with Crippen LogP contribution in [0.1, 0.15) is 57.1 Å². The van der Waals surface area contributed by atoms with E-state index in [0.29, 0.717) is 10.0 Å². The highest BCUT2D eigenvalue weighted by atomic mass is 35.5. The molecule has 1 aromatic carbocycles.